The van der Waals surface area contributed by atoms with Gasteiger partial charge in [-0.15, -0.1) is 22.7 Å². The lowest BCUT2D eigenvalue weighted by Gasteiger charge is -2.03. The van der Waals surface area contributed by atoms with Crippen molar-refractivity contribution in [1.82, 2.24) is 5.32 Å². The van der Waals surface area contributed by atoms with Gasteiger partial charge in [0.15, 0.2) is 0 Å². The Morgan fingerprint density at radius 1 is 1.31 bits per heavy atom. The van der Waals surface area contributed by atoms with Crippen molar-refractivity contribution in [2.45, 2.75) is 32.4 Å². The molecule has 1 aliphatic rings. The molecular weight excluding hydrogens is 234 g/mol. The van der Waals surface area contributed by atoms with E-state index in [1.165, 1.54) is 33.0 Å². The van der Waals surface area contributed by atoms with E-state index in [9.17, 15) is 0 Å². The third kappa shape index (κ3) is 2.21. The van der Waals surface area contributed by atoms with Crippen LogP contribution in [0.25, 0.3) is 10.4 Å². The first-order valence-electron chi connectivity index (χ1n) is 5.69. The minimum Gasteiger partial charge on any atom is -0.309 e. The maximum Gasteiger partial charge on any atom is 0.0357 e. The molecule has 0 aliphatic heterocycles. The molecule has 0 atom stereocenters. The summed E-state index contributed by atoms with van der Waals surface area (Å²) in [5.74, 6) is 0. The van der Waals surface area contributed by atoms with E-state index in [0.717, 1.165) is 12.6 Å². The Morgan fingerprint density at radius 3 is 2.88 bits per heavy atom. The predicted octanol–water partition coefficient (Wildman–Crippen LogP) is 4.04. The van der Waals surface area contributed by atoms with Gasteiger partial charge in [-0.05, 0) is 43.3 Å². The van der Waals surface area contributed by atoms with E-state index in [-0.39, 0.29) is 0 Å². The summed E-state index contributed by atoms with van der Waals surface area (Å²) >= 11 is 3.76. The second-order valence-electron chi connectivity index (χ2n) is 4.32. The van der Waals surface area contributed by atoms with Crippen LogP contribution in [-0.4, -0.2) is 6.04 Å². The van der Waals surface area contributed by atoms with E-state index < -0.39 is 0 Å². The van der Waals surface area contributed by atoms with Crippen LogP contribution in [0.2, 0.25) is 0 Å². The molecule has 0 bridgehead atoms. The summed E-state index contributed by atoms with van der Waals surface area (Å²) in [4.78, 5) is 4.28. The fourth-order valence-corrected chi connectivity index (χ4v) is 3.63. The van der Waals surface area contributed by atoms with Gasteiger partial charge in [0, 0.05) is 32.8 Å². The maximum absolute atomic E-state index is 3.59. The average Bonchev–Trinajstić information content (AvgIpc) is 2.82. The SMILES string of the molecule is Cc1ccc(-c2ccsc2CNC2CC2)s1. The molecule has 1 nitrogen and oxygen atoms in total. The van der Waals surface area contributed by atoms with E-state index in [1.807, 2.05) is 22.7 Å². The molecular formula is C13H15NS2. The molecule has 0 amide bonds. The molecule has 1 fully saturated rings. The Balaban J connectivity index is 1.80. The van der Waals surface area contributed by atoms with Gasteiger partial charge in [-0.25, -0.2) is 0 Å². The summed E-state index contributed by atoms with van der Waals surface area (Å²) in [7, 11) is 0. The van der Waals surface area contributed by atoms with Gasteiger partial charge in [-0.1, -0.05) is 0 Å². The third-order valence-corrected chi connectivity index (χ3v) is 4.83. The highest BCUT2D eigenvalue weighted by Gasteiger charge is 2.21. The molecule has 0 spiro atoms. The highest BCUT2D eigenvalue weighted by Crippen LogP contribution is 2.33. The van der Waals surface area contributed by atoms with E-state index in [2.05, 4.69) is 35.8 Å². The van der Waals surface area contributed by atoms with E-state index >= 15 is 0 Å². The Morgan fingerprint density at radius 2 is 2.19 bits per heavy atom. The van der Waals surface area contributed by atoms with E-state index in [1.54, 1.807) is 0 Å². The van der Waals surface area contributed by atoms with Crippen LogP contribution >= 0.6 is 22.7 Å². The van der Waals surface area contributed by atoms with Crippen LogP contribution < -0.4 is 5.32 Å². The Hall–Kier alpha value is -0.640. The summed E-state index contributed by atoms with van der Waals surface area (Å²) < 4.78 is 0. The van der Waals surface area contributed by atoms with Gasteiger partial charge in [0.2, 0.25) is 0 Å². The number of hydrogen-bond acceptors (Lipinski definition) is 3. The van der Waals surface area contributed by atoms with Crippen molar-refractivity contribution in [2.24, 2.45) is 0 Å². The Kier molecular flexibility index (Phi) is 2.84. The standard InChI is InChI=1S/C13H15NS2/c1-9-2-5-12(16-9)11-6-7-15-13(11)8-14-10-3-4-10/h2,5-7,10,14H,3-4,8H2,1H3. The van der Waals surface area contributed by atoms with Gasteiger partial charge >= 0.3 is 0 Å². The van der Waals surface area contributed by atoms with Gasteiger partial charge in [-0.2, -0.15) is 0 Å². The zero-order valence-corrected chi connectivity index (χ0v) is 11.0. The van der Waals surface area contributed by atoms with Crippen molar-refractivity contribution < 1.29 is 0 Å². The summed E-state index contributed by atoms with van der Waals surface area (Å²) in [6.45, 7) is 3.21. The molecule has 0 aromatic carbocycles. The zero-order chi connectivity index (χ0) is 11.0. The fraction of sp³-hybridized carbons (Fsp3) is 0.385. The predicted molar refractivity (Wildman–Crippen MR) is 72.2 cm³/mol. The number of aryl methyl sites for hydroxylation is 1. The minimum absolute atomic E-state index is 0.792. The zero-order valence-electron chi connectivity index (χ0n) is 9.32. The van der Waals surface area contributed by atoms with Crippen LogP contribution in [0.1, 0.15) is 22.6 Å². The fourth-order valence-electron chi connectivity index (χ4n) is 1.80. The molecule has 0 saturated heterocycles. The molecule has 3 rings (SSSR count). The first-order valence-corrected chi connectivity index (χ1v) is 7.39. The molecule has 1 aliphatic carbocycles. The van der Waals surface area contributed by atoms with Crippen molar-refractivity contribution in [1.29, 1.82) is 0 Å². The normalized spacial score (nSPS) is 15.6. The monoisotopic (exact) mass is 249 g/mol. The van der Waals surface area contributed by atoms with E-state index in [4.69, 9.17) is 0 Å². The molecule has 16 heavy (non-hydrogen) atoms. The summed E-state index contributed by atoms with van der Waals surface area (Å²) in [5.41, 5.74) is 1.43. The van der Waals surface area contributed by atoms with Gasteiger partial charge in [0.25, 0.3) is 0 Å². The van der Waals surface area contributed by atoms with Crippen LogP contribution in [0.5, 0.6) is 0 Å². The number of hydrogen-bond donors (Lipinski definition) is 1. The molecule has 2 heterocycles. The summed E-state index contributed by atoms with van der Waals surface area (Å²) in [5, 5.41) is 5.79. The van der Waals surface area contributed by atoms with Crippen LogP contribution in [0.4, 0.5) is 0 Å². The second-order valence-corrected chi connectivity index (χ2v) is 6.61. The number of thiophene rings is 2. The maximum atomic E-state index is 3.59. The Bertz CT molecular complexity index is 480. The molecule has 0 unspecified atom stereocenters. The van der Waals surface area contributed by atoms with Crippen LogP contribution in [-0.2, 0) is 6.54 Å². The molecule has 2 aromatic rings. The molecule has 84 valence electrons. The van der Waals surface area contributed by atoms with Crippen molar-refractivity contribution in [3.05, 3.63) is 33.3 Å². The van der Waals surface area contributed by atoms with Gasteiger partial charge in [0.05, 0.1) is 0 Å². The molecule has 1 N–H and O–H groups in total. The van der Waals surface area contributed by atoms with Crippen molar-refractivity contribution in [2.75, 3.05) is 0 Å². The minimum atomic E-state index is 0.792. The van der Waals surface area contributed by atoms with Gasteiger partial charge in [-0.3, -0.25) is 0 Å². The number of nitrogens with one attached hydrogen (secondary N) is 1. The smallest absolute Gasteiger partial charge is 0.0357 e. The quantitative estimate of drug-likeness (QED) is 0.862. The Labute approximate surface area is 104 Å². The first kappa shape index (κ1) is 10.5. The number of rotatable bonds is 4. The molecule has 3 heteroatoms. The lowest BCUT2D eigenvalue weighted by molar-refractivity contribution is 0.696. The van der Waals surface area contributed by atoms with Crippen molar-refractivity contribution in [3.63, 3.8) is 0 Å². The van der Waals surface area contributed by atoms with Gasteiger partial charge in [0.1, 0.15) is 0 Å². The van der Waals surface area contributed by atoms with Gasteiger partial charge < -0.3 is 5.32 Å². The molecule has 0 radical (unpaired) electrons. The first-order chi connectivity index (χ1) is 7.83. The highest BCUT2D eigenvalue weighted by molar-refractivity contribution is 7.16. The van der Waals surface area contributed by atoms with Crippen LogP contribution in [0.15, 0.2) is 23.6 Å². The lowest BCUT2D eigenvalue weighted by Crippen LogP contribution is -2.14. The third-order valence-electron chi connectivity index (χ3n) is 2.88. The van der Waals surface area contributed by atoms with Crippen LogP contribution in [0.3, 0.4) is 0 Å². The summed E-state index contributed by atoms with van der Waals surface area (Å²) in [6, 6.07) is 7.48. The average molecular weight is 249 g/mol. The van der Waals surface area contributed by atoms with Crippen LogP contribution in [0, 0.1) is 6.92 Å². The topological polar surface area (TPSA) is 12.0 Å². The largest absolute Gasteiger partial charge is 0.309 e. The van der Waals surface area contributed by atoms with Crippen molar-refractivity contribution >= 4 is 22.7 Å². The summed E-state index contributed by atoms with van der Waals surface area (Å²) in [6.07, 6.45) is 2.72. The van der Waals surface area contributed by atoms with Crippen molar-refractivity contribution in [3.8, 4) is 10.4 Å². The lowest BCUT2D eigenvalue weighted by atomic mass is 10.2. The molecule has 2 aromatic heterocycles. The molecule has 1 saturated carbocycles. The van der Waals surface area contributed by atoms with E-state index in [0.29, 0.717) is 0 Å². The highest BCUT2D eigenvalue weighted by atomic mass is 32.1. The second kappa shape index (κ2) is 4.32.